The molecule has 10 nitrogen and oxygen atoms in total. The highest BCUT2D eigenvalue weighted by Crippen LogP contribution is 2.18. The topological polar surface area (TPSA) is 162 Å². The molecule has 12 heteroatoms. The third kappa shape index (κ3) is 5.38. The van der Waals surface area contributed by atoms with Crippen LogP contribution in [0.3, 0.4) is 0 Å². The Morgan fingerprint density at radius 3 is 2.73 bits per heavy atom. The summed E-state index contributed by atoms with van der Waals surface area (Å²) in [6.45, 7) is 0.0405. The van der Waals surface area contributed by atoms with Gasteiger partial charge in [0.05, 0.1) is 30.4 Å². The lowest BCUT2D eigenvalue weighted by atomic mass is 10.2. The van der Waals surface area contributed by atoms with Crippen molar-refractivity contribution >= 4 is 32.9 Å². The minimum absolute atomic E-state index is 0.0268. The van der Waals surface area contributed by atoms with Gasteiger partial charge >= 0.3 is 0 Å². The smallest absolute Gasteiger partial charge is 0.229 e. The van der Waals surface area contributed by atoms with Crippen LogP contribution in [-0.2, 0) is 16.6 Å². The van der Waals surface area contributed by atoms with Gasteiger partial charge in [-0.3, -0.25) is 9.71 Å². The van der Waals surface area contributed by atoms with Gasteiger partial charge in [0, 0.05) is 11.6 Å². The second-order valence-electron chi connectivity index (χ2n) is 6.14. The quantitative estimate of drug-likeness (QED) is 0.474. The van der Waals surface area contributed by atoms with Crippen LogP contribution in [0.25, 0.3) is 5.70 Å². The van der Waals surface area contributed by atoms with E-state index in [9.17, 15) is 12.8 Å². The molecule has 30 heavy (non-hydrogen) atoms. The summed E-state index contributed by atoms with van der Waals surface area (Å²) in [5.74, 6) is -0.440. The van der Waals surface area contributed by atoms with Crippen molar-refractivity contribution in [3.8, 4) is 0 Å². The molecule has 3 aromatic rings. The van der Waals surface area contributed by atoms with Gasteiger partial charge in [0.15, 0.2) is 11.6 Å². The van der Waals surface area contributed by atoms with Gasteiger partial charge in [-0.05, 0) is 12.1 Å². The zero-order valence-electron chi connectivity index (χ0n) is 15.8. The van der Waals surface area contributed by atoms with E-state index >= 15 is 0 Å². The third-order valence-electron chi connectivity index (χ3n) is 3.74. The minimum Gasteiger partial charge on any atom is -0.396 e. The number of anilines is 2. The molecule has 0 saturated carbocycles. The average molecular weight is 431 g/mol. The van der Waals surface area contributed by atoms with Gasteiger partial charge < -0.3 is 16.0 Å². The second-order valence-corrected chi connectivity index (χ2v) is 7.89. The zero-order chi connectivity index (χ0) is 21.7. The van der Waals surface area contributed by atoms with Crippen molar-refractivity contribution in [2.45, 2.75) is 6.54 Å². The molecule has 2 aromatic heterocycles. The molecule has 0 fully saturated rings. The van der Waals surface area contributed by atoms with E-state index in [0.29, 0.717) is 17.0 Å². The summed E-state index contributed by atoms with van der Waals surface area (Å²) in [7, 11) is -3.54. The lowest BCUT2D eigenvalue weighted by Crippen LogP contribution is -2.14. The van der Waals surface area contributed by atoms with Gasteiger partial charge in [0.1, 0.15) is 23.5 Å². The number of hydrogen-bond donors (Lipinski definition) is 3. The van der Waals surface area contributed by atoms with Gasteiger partial charge in [-0.15, -0.1) is 0 Å². The fourth-order valence-electron chi connectivity index (χ4n) is 2.37. The van der Waals surface area contributed by atoms with Crippen LogP contribution in [-0.4, -0.2) is 35.5 Å². The maximum absolute atomic E-state index is 13.9. The van der Waals surface area contributed by atoms with Crippen molar-refractivity contribution in [2.24, 2.45) is 10.7 Å². The predicted molar refractivity (Wildman–Crippen MR) is 110 cm³/mol. The molecule has 156 valence electrons. The maximum Gasteiger partial charge on any atom is 0.229 e. The summed E-state index contributed by atoms with van der Waals surface area (Å²) in [6, 6.07) is 7.81. The van der Waals surface area contributed by atoms with Crippen LogP contribution in [0.5, 0.6) is 0 Å². The number of aromatic nitrogens is 3. The van der Waals surface area contributed by atoms with Gasteiger partial charge in [0.2, 0.25) is 10.0 Å². The van der Waals surface area contributed by atoms with Gasteiger partial charge in [-0.2, -0.15) is 0 Å². The molecular weight excluding hydrogens is 413 g/mol. The number of nitrogen functional groups attached to an aromatic ring is 1. The highest BCUT2D eigenvalue weighted by Gasteiger charge is 2.12. The molecule has 3 rings (SSSR count). The highest BCUT2D eigenvalue weighted by molar-refractivity contribution is 7.92. The monoisotopic (exact) mass is 431 g/mol. The van der Waals surface area contributed by atoms with Crippen LogP contribution >= 0.6 is 0 Å². The Bertz CT molecular complexity index is 1210. The highest BCUT2D eigenvalue weighted by atomic mass is 32.2. The summed E-state index contributed by atoms with van der Waals surface area (Å²) in [5, 5.41) is 3.83. The molecule has 0 bridgehead atoms. The molecule has 0 atom stereocenters. The van der Waals surface area contributed by atoms with E-state index in [-0.39, 0.29) is 35.4 Å². The Balaban J connectivity index is 1.92. The molecule has 5 N–H and O–H groups in total. The molecule has 0 spiro atoms. The minimum atomic E-state index is -3.54. The van der Waals surface area contributed by atoms with E-state index in [1.165, 1.54) is 24.6 Å². The third-order valence-corrected chi connectivity index (χ3v) is 4.33. The largest absolute Gasteiger partial charge is 0.396 e. The summed E-state index contributed by atoms with van der Waals surface area (Å²) < 4.78 is 43.6. The first kappa shape index (κ1) is 20.9. The summed E-state index contributed by atoms with van der Waals surface area (Å²) in [5.41, 5.74) is 13.0. The summed E-state index contributed by atoms with van der Waals surface area (Å²) in [4.78, 5) is 12.4. The number of halogens is 1. The SMILES string of the molecule is CS(=O)(=O)Nc1cnc(C(N)=CC(=NCc2ccccc2F)c2ccon2)nc1N. The van der Waals surface area contributed by atoms with Gasteiger partial charge in [-0.1, -0.05) is 23.4 Å². The van der Waals surface area contributed by atoms with Crippen LogP contribution in [0.2, 0.25) is 0 Å². The molecule has 0 radical (unpaired) electrons. The number of nitrogens with zero attached hydrogens (tertiary/aromatic N) is 4. The fourth-order valence-corrected chi connectivity index (χ4v) is 2.92. The molecule has 0 aliphatic heterocycles. The standard InChI is InChI=1S/C18H18FN7O3S/c1-30(27,28)26-16-10-23-18(24-17(16)21)13(20)8-15(14-6-7-29-25-14)22-9-11-4-2-3-5-12(11)19/h2-8,10,26H,9,20H2,1H3,(H2,21,23,24). The maximum atomic E-state index is 13.9. The summed E-state index contributed by atoms with van der Waals surface area (Å²) in [6.07, 6.45) is 4.98. The Morgan fingerprint density at radius 2 is 2.10 bits per heavy atom. The molecule has 0 amide bonds. The number of allylic oxidation sites excluding steroid dienone is 1. The number of benzene rings is 1. The number of hydrogen-bond acceptors (Lipinski definition) is 9. The van der Waals surface area contributed by atoms with E-state index in [0.717, 1.165) is 6.26 Å². The normalized spacial score (nSPS) is 12.7. The summed E-state index contributed by atoms with van der Waals surface area (Å²) >= 11 is 0. The van der Waals surface area contributed by atoms with Crippen molar-refractivity contribution in [1.29, 1.82) is 0 Å². The molecule has 0 unspecified atom stereocenters. The first-order valence-corrected chi connectivity index (χ1v) is 10.4. The van der Waals surface area contributed by atoms with Crippen LogP contribution in [0, 0.1) is 5.82 Å². The first-order valence-electron chi connectivity index (χ1n) is 8.49. The van der Waals surface area contributed by atoms with Gasteiger partial charge in [-0.25, -0.2) is 22.8 Å². The number of sulfonamides is 1. The molecule has 0 aliphatic carbocycles. The van der Waals surface area contributed by atoms with Crippen molar-refractivity contribution in [3.63, 3.8) is 0 Å². The lowest BCUT2D eigenvalue weighted by Gasteiger charge is -2.08. The average Bonchev–Trinajstić information content (AvgIpc) is 3.21. The molecule has 0 saturated heterocycles. The van der Waals surface area contributed by atoms with E-state index in [1.54, 1.807) is 24.3 Å². The Hall–Kier alpha value is -3.80. The van der Waals surface area contributed by atoms with Crippen LogP contribution < -0.4 is 16.2 Å². The number of nitrogens with one attached hydrogen (secondary N) is 1. The van der Waals surface area contributed by atoms with E-state index in [2.05, 4.69) is 24.8 Å². The first-order chi connectivity index (χ1) is 14.2. The van der Waals surface area contributed by atoms with Crippen LogP contribution in [0.15, 0.2) is 58.4 Å². The van der Waals surface area contributed by atoms with E-state index in [1.807, 2.05) is 0 Å². The fraction of sp³-hybridized carbons (Fsp3) is 0.111. The number of aliphatic imine (C=N–C) groups is 1. The molecule has 0 aliphatic rings. The van der Waals surface area contributed by atoms with Crippen LogP contribution in [0.1, 0.15) is 17.1 Å². The number of rotatable bonds is 7. The van der Waals surface area contributed by atoms with Crippen molar-refractivity contribution in [1.82, 2.24) is 15.1 Å². The van der Waals surface area contributed by atoms with Gasteiger partial charge in [0.25, 0.3) is 0 Å². The number of nitrogens with two attached hydrogens (primary N) is 2. The second kappa shape index (κ2) is 8.69. The predicted octanol–water partition coefficient (Wildman–Crippen LogP) is 1.55. The van der Waals surface area contributed by atoms with E-state index < -0.39 is 10.0 Å². The van der Waals surface area contributed by atoms with E-state index in [4.69, 9.17) is 16.0 Å². The Labute approximate surface area is 171 Å². The zero-order valence-corrected chi connectivity index (χ0v) is 16.6. The lowest BCUT2D eigenvalue weighted by molar-refractivity contribution is 0.418. The molecule has 2 heterocycles. The Kier molecular flexibility index (Phi) is 6.06. The Morgan fingerprint density at radius 1 is 1.33 bits per heavy atom. The van der Waals surface area contributed by atoms with Crippen molar-refractivity contribution < 1.29 is 17.3 Å². The van der Waals surface area contributed by atoms with Crippen molar-refractivity contribution in [3.05, 3.63) is 71.8 Å². The van der Waals surface area contributed by atoms with Crippen molar-refractivity contribution in [2.75, 3.05) is 16.7 Å². The molecule has 1 aromatic carbocycles. The van der Waals surface area contributed by atoms with Crippen LogP contribution in [0.4, 0.5) is 15.9 Å². The molecular formula is C18H18FN7O3S.